The third-order valence-electron chi connectivity index (χ3n) is 2.88. The molecule has 122 valence electrons. The maximum Gasteiger partial charge on any atom is 0.408 e. The summed E-state index contributed by atoms with van der Waals surface area (Å²) in [7, 11) is 0. The molecule has 1 amide bonds. The van der Waals surface area contributed by atoms with Gasteiger partial charge < -0.3 is 24.1 Å². The molecule has 0 atom stereocenters. The Labute approximate surface area is 132 Å². The van der Waals surface area contributed by atoms with Crippen LogP contribution in [0.1, 0.15) is 26.7 Å². The molecule has 8 heteroatoms. The number of fused-ring (bicyclic) bond motifs is 1. The van der Waals surface area contributed by atoms with Gasteiger partial charge in [-0.05, 0) is 39.0 Å². The van der Waals surface area contributed by atoms with E-state index in [2.05, 4.69) is 15.5 Å². The van der Waals surface area contributed by atoms with Gasteiger partial charge in [0.1, 0.15) is 12.1 Å². The molecule has 0 saturated carbocycles. The van der Waals surface area contributed by atoms with Crippen LogP contribution in [0.25, 0.3) is 11.4 Å². The molecule has 1 aliphatic heterocycles. The molecule has 0 spiro atoms. The molecule has 0 unspecified atom stereocenters. The largest absolute Gasteiger partial charge is 0.454 e. The number of hydrogen-bond donors (Lipinski definition) is 1. The number of alkyl carbamates (subject to hydrolysis) is 1. The second-order valence-corrected chi connectivity index (χ2v) is 5.94. The van der Waals surface area contributed by atoms with Crippen molar-refractivity contribution in [1.29, 1.82) is 0 Å². The minimum absolute atomic E-state index is 0.0897. The van der Waals surface area contributed by atoms with Crippen molar-refractivity contribution in [3.8, 4) is 22.9 Å². The van der Waals surface area contributed by atoms with Crippen LogP contribution in [0, 0.1) is 0 Å². The van der Waals surface area contributed by atoms with E-state index < -0.39 is 11.7 Å². The summed E-state index contributed by atoms with van der Waals surface area (Å²) in [6, 6.07) is 5.37. The number of ether oxygens (including phenoxy) is 3. The molecule has 2 aromatic rings. The number of nitrogens with one attached hydrogen (secondary N) is 1. The number of nitrogens with zero attached hydrogens (tertiary/aromatic N) is 2. The molecule has 0 aliphatic carbocycles. The zero-order valence-corrected chi connectivity index (χ0v) is 13.1. The van der Waals surface area contributed by atoms with Crippen molar-refractivity contribution in [2.75, 3.05) is 6.79 Å². The lowest BCUT2D eigenvalue weighted by Crippen LogP contribution is -2.32. The predicted octanol–water partition coefficient (Wildman–Crippen LogP) is 2.49. The molecule has 0 radical (unpaired) electrons. The number of rotatable bonds is 3. The molecule has 0 fully saturated rings. The monoisotopic (exact) mass is 319 g/mol. The highest BCUT2D eigenvalue weighted by Gasteiger charge is 2.18. The average Bonchev–Trinajstić information content (AvgIpc) is 3.11. The lowest BCUT2D eigenvalue weighted by Gasteiger charge is -2.19. The van der Waals surface area contributed by atoms with Crippen molar-refractivity contribution in [3.63, 3.8) is 0 Å². The number of carbonyl (C=O) groups is 1. The highest BCUT2D eigenvalue weighted by Crippen LogP contribution is 2.35. The third-order valence-corrected chi connectivity index (χ3v) is 2.88. The Kier molecular flexibility index (Phi) is 3.81. The van der Waals surface area contributed by atoms with Crippen molar-refractivity contribution < 1.29 is 23.5 Å². The zero-order chi connectivity index (χ0) is 16.4. The molecule has 1 N–H and O–H groups in total. The molecule has 0 saturated heterocycles. The normalized spacial score (nSPS) is 13.0. The summed E-state index contributed by atoms with van der Waals surface area (Å²) in [5.41, 5.74) is 0.179. The Balaban J connectivity index is 1.63. The van der Waals surface area contributed by atoms with E-state index in [0.29, 0.717) is 17.3 Å². The maximum atomic E-state index is 11.6. The summed E-state index contributed by atoms with van der Waals surface area (Å²) in [4.78, 5) is 15.8. The summed E-state index contributed by atoms with van der Waals surface area (Å²) in [6.07, 6.45) is -0.541. The van der Waals surface area contributed by atoms with Gasteiger partial charge in [-0.25, -0.2) is 4.79 Å². The van der Waals surface area contributed by atoms with Crippen LogP contribution in [0.4, 0.5) is 4.79 Å². The van der Waals surface area contributed by atoms with Gasteiger partial charge in [-0.3, -0.25) is 0 Å². The van der Waals surface area contributed by atoms with Crippen LogP contribution in [-0.2, 0) is 11.3 Å². The first-order valence-corrected chi connectivity index (χ1v) is 7.10. The lowest BCUT2D eigenvalue weighted by atomic mass is 10.2. The van der Waals surface area contributed by atoms with Crippen molar-refractivity contribution in [2.24, 2.45) is 0 Å². The fourth-order valence-corrected chi connectivity index (χ4v) is 1.94. The second-order valence-electron chi connectivity index (χ2n) is 5.94. The summed E-state index contributed by atoms with van der Waals surface area (Å²) >= 11 is 0. The molecular weight excluding hydrogens is 302 g/mol. The number of amides is 1. The van der Waals surface area contributed by atoms with Crippen LogP contribution >= 0.6 is 0 Å². The van der Waals surface area contributed by atoms with Crippen LogP contribution in [0.3, 0.4) is 0 Å². The first-order chi connectivity index (χ1) is 10.9. The molecule has 1 aliphatic rings. The molecule has 0 bridgehead atoms. The van der Waals surface area contributed by atoms with Crippen molar-refractivity contribution in [3.05, 3.63) is 24.1 Å². The van der Waals surface area contributed by atoms with Crippen molar-refractivity contribution in [2.45, 2.75) is 32.9 Å². The van der Waals surface area contributed by atoms with Crippen LogP contribution in [0.5, 0.6) is 11.5 Å². The Morgan fingerprint density at radius 2 is 2.09 bits per heavy atom. The van der Waals surface area contributed by atoms with E-state index in [1.54, 1.807) is 32.9 Å². The van der Waals surface area contributed by atoms with Crippen molar-refractivity contribution in [1.82, 2.24) is 15.5 Å². The van der Waals surface area contributed by atoms with Gasteiger partial charge in [0.25, 0.3) is 0 Å². The Morgan fingerprint density at radius 3 is 2.87 bits per heavy atom. The summed E-state index contributed by atoms with van der Waals surface area (Å²) < 4.78 is 20.8. The number of aromatic nitrogens is 2. The van der Waals surface area contributed by atoms with E-state index in [1.165, 1.54) is 0 Å². The van der Waals surface area contributed by atoms with E-state index in [-0.39, 0.29) is 19.2 Å². The smallest absolute Gasteiger partial charge is 0.408 e. The highest BCUT2D eigenvalue weighted by molar-refractivity contribution is 5.67. The molecule has 3 rings (SSSR count). The second kappa shape index (κ2) is 5.79. The van der Waals surface area contributed by atoms with Gasteiger partial charge in [0, 0.05) is 5.56 Å². The summed E-state index contributed by atoms with van der Waals surface area (Å²) in [5.74, 6) is 2.01. The summed E-state index contributed by atoms with van der Waals surface area (Å²) in [5, 5.41) is 6.45. The van der Waals surface area contributed by atoms with Gasteiger partial charge in [-0.1, -0.05) is 5.16 Å². The molecule has 23 heavy (non-hydrogen) atoms. The highest BCUT2D eigenvalue weighted by atomic mass is 16.7. The third kappa shape index (κ3) is 3.71. The molecule has 1 aromatic carbocycles. The van der Waals surface area contributed by atoms with Gasteiger partial charge in [0.15, 0.2) is 11.5 Å². The van der Waals surface area contributed by atoms with Gasteiger partial charge in [0.05, 0.1) is 0 Å². The number of hydrogen-bond acceptors (Lipinski definition) is 7. The standard InChI is InChI=1S/C15H17N3O5/c1-15(2,3)22-14(19)16-7-12-17-13(18-23-12)9-4-5-10-11(6-9)21-8-20-10/h4-6H,7-8H2,1-3H3,(H,16,19). The van der Waals surface area contributed by atoms with Crippen LogP contribution in [-0.4, -0.2) is 28.6 Å². The number of benzene rings is 1. The van der Waals surface area contributed by atoms with Gasteiger partial charge in [0.2, 0.25) is 18.5 Å². The molecular formula is C15H17N3O5. The fourth-order valence-electron chi connectivity index (χ4n) is 1.94. The van der Waals surface area contributed by atoms with E-state index >= 15 is 0 Å². The Morgan fingerprint density at radius 1 is 1.30 bits per heavy atom. The quantitative estimate of drug-likeness (QED) is 0.928. The van der Waals surface area contributed by atoms with E-state index in [9.17, 15) is 4.79 Å². The Bertz CT molecular complexity index is 720. The lowest BCUT2D eigenvalue weighted by molar-refractivity contribution is 0.0518. The zero-order valence-electron chi connectivity index (χ0n) is 13.1. The van der Waals surface area contributed by atoms with Crippen LogP contribution < -0.4 is 14.8 Å². The minimum atomic E-state index is -0.559. The van der Waals surface area contributed by atoms with Crippen LogP contribution in [0.2, 0.25) is 0 Å². The van der Waals surface area contributed by atoms with E-state index in [0.717, 1.165) is 5.56 Å². The van der Waals surface area contributed by atoms with Crippen molar-refractivity contribution >= 4 is 6.09 Å². The number of carbonyl (C=O) groups excluding carboxylic acids is 1. The Hall–Kier alpha value is -2.77. The molecule has 8 nitrogen and oxygen atoms in total. The van der Waals surface area contributed by atoms with Gasteiger partial charge in [-0.15, -0.1) is 0 Å². The fraction of sp³-hybridized carbons (Fsp3) is 0.400. The van der Waals surface area contributed by atoms with Gasteiger partial charge >= 0.3 is 6.09 Å². The molecule has 2 heterocycles. The van der Waals surface area contributed by atoms with Crippen LogP contribution in [0.15, 0.2) is 22.7 Å². The first kappa shape index (κ1) is 15.1. The SMILES string of the molecule is CC(C)(C)OC(=O)NCc1nc(-c2ccc3c(c2)OCO3)no1. The average molecular weight is 319 g/mol. The van der Waals surface area contributed by atoms with E-state index in [4.69, 9.17) is 18.7 Å². The maximum absolute atomic E-state index is 11.6. The molecule has 1 aromatic heterocycles. The van der Waals surface area contributed by atoms with E-state index in [1.807, 2.05) is 6.07 Å². The topological polar surface area (TPSA) is 95.7 Å². The summed E-state index contributed by atoms with van der Waals surface area (Å²) in [6.45, 7) is 5.66. The predicted molar refractivity (Wildman–Crippen MR) is 78.9 cm³/mol. The first-order valence-electron chi connectivity index (χ1n) is 7.10. The van der Waals surface area contributed by atoms with Gasteiger partial charge in [-0.2, -0.15) is 4.98 Å². The minimum Gasteiger partial charge on any atom is -0.454 e.